The third-order valence-corrected chi connectivity index (χ3v) is 4.42. The number of ether oxygens (including phenoxy) is 2. The molecule has 0 bridgehead atoms. The van der Waals surface area contributed by atoms with Gasteiger partial charge in [-0.05, 0) is 41.5 Å². The van der Waals surface area contributed by atoms with Crippen LogP contribution in [0, 0.1) is 0 Å². The van der Waals surface area contributed by atoms with Crippen molar-refractivity contribution in [3.05, 3.63) is 6.33 Å². The zero-order valence-electron chi connectivity index (χ0n) is 19.0. The van der Waals surface area contributed by atoms with Crippen molar-refractivity contribution in [1.29, 1.82) is 0 Å². The van der Waals surface area contributed by atoms with Gasteiger partial charge in [0.05, 0.1) is 6.33 Å². The summed E-state index contributed by atoms with van der Waals surface area (Å²) in [4.78, 5) is 41.2. The first-order chi connectivity index (χ1) is 14.3. The largest absolute Gasteiger partial charge is 0.459 e. The number of nitrogens with two attached hydrogens (primary N) is 1. The van der Waals surface area contributed by atoms with Crippen LogP contribution in [0.4, 0.5) is 16.6 Å². The SMILES string of the molecule is CC(C)(C)OC(=O)Cn1cnc2nc(N3CCN(C(=O)OC(C)(C)C)CC3)nc(N)c21. The lowest BCUT2D eigenvalue weighted by atomic mass is 10.2. The van der Waals surface area contributed by atoms with Gasteiger partial charge in [-0.15, -0.1) is 0 Å². The van der Waals surface area contributed by atoms with E-state index in [0.29, 0.717) is 43.3 Å². The van der Waals surface area contributed by atoms with Crippen LogP contribution in [0.25, 0.3) is 11.2 Å². The standard InChI is InChI=1S/C20H31N7O4/c1-19(2,3)30-13(28)11-27-12-22-16-14(27)15(21)23-17(24-16)25-7-9-26(10-8-25)18(29)31-20(4,5)6/h12H,7-11H2,1-6H3,(H2,21,23,24). The van der Waals surface area contributed by atoms with Crippen molar-refractivity contribution in [2.75, 3.05) is 36.8 Å². The van der Waals surface area contributed by atoms with E-state index in [9.17, 15) is 9.59 Å². The Balaban J connectivity index is 1.70. The normalized spacial score (nSPS) is 15.3. The van der Waals surface area contributed by atoms with E-state index in [-0.39, 0.29) is 18.5 Å². The molecule has 0 unspecified atom stereocenters. The van der Waals surface area contributed by atoms with Crippen molar-refractivity contribution in [3.63, 3.8) is 0 Å². The van der Waals surface area contributed by atoms with Crippen LogP contribution in [0.15, 0.2) is 6.33 Å². The summed E-state index contributed by atoms with van der Waals surface area (Å²) in [5.74, 6) is 0.278. The molecular formula is C20H31N7O4. The highest BCUT2D eigenvalue weighted by atomic mass is 16.6. The molecule has 0 aliphatic carbocycles. The first kappa shape index (κ1) is 22.6. The molecule has 0 atom stereocenters. The van der Waals surface area contributed by atoms with Crippen LogP contribution in [0.3, 0.4) is 0 Å². The molecule has 11 heteroatoms. The van der Waals surface area contributed by atoms with Crippen LogP contribution in [0.1, 0.15) is 41.5 Å². The monoisotopic (exact) mass is 433 g/mol. The summed E-state index contributed by atoms with van der Waals surface area (Å²) in [5.41, 5.74) is 5.96. The summed E-state index contributed by atoms with van der Waals surface area (Å²) >= 11 is 0. The lowest BCUT2D eigenvalue weighted by molar-refractivity contribution is -0.155. The van der Waals surface area contributed by atoms with Gasteiger partial charge in [-0.2, -0.15) is 9.97 Å². The van der Waals surface area contributed by atoms with Crippen LogP contribution in [-0.4, -0.2) is 73.9 Å². The first-order valence-corrected chi connectivity index (χ1v) is 10.3. The van der Waals surface area contributed by atoms with Gasteiger partial charge in [0.25, 0.3) is 0 Å². The van der Waals surface area contributed by atoms with Gasteiger partial charge in [-0.25, -0.2) is 9.78 Å². The molecule has 0 spiro atoms. The van der Waals surface area contributed by atoms with Gasteiger partial charge in [0, 0.05) is 26.2 Å². The van der Waals surface area contributed by atoms with Gasteiger partial charge in [-0.3, -0.25) is 4.79 Å². The number of fused-ring (bicyclic) bond motifs is 1. The molecule has 0 aromatic carbocycles. The molecule has 3 heterocycles. The van der Waals surface area contributed by atoms with Crippen molar-refractivity contribution in [2.45, 2.75) is 59.3 Å². The fraction of sp³-hybridized carbons (Fsp3) is 0.650. The van der Waals surface area contributed by atoms with E-state index in [0.717, 1.165) is 0 Å². The predicted octanol–water partition coefficient (Wildman–Crippen LogP) is 1.81. The number of hydrogen-bond donors (Lipinski definition) is 1. The minimum atomic E-state index is -0.579. The maximum Gasteiger partial charge on any atom is 0.410 e. The van der Waals surface area contributed by atoms with Crippen LogP contribution in [-0.2, 0) is 20.8 Å². The first-order valence-electron chi connectivity index (χ1n) is 10.3. The van der Waals surface area contributed by atoms with Crippen LogP contribution in [0.2, 0.25) is 0 Å². The molecule has 1 saturated heterocycles. The number of imidazole rings is 1. The number of amides is 1. The van der Waals surface area contributed by atoms with Crippen molar-refractivity contribution in [2.24, 2.45) is 0 Å². The molecule has 0 saturated carbocycles. The quantitative estimate of drug-likeness (QED) is 0.720. The average Bonchev–Trinajstić information content (AvgIpc) is 3.02. The molecule has 0 radical (unpaired) electrons. The number of piperazine rings is 1. The second kappa shape index (κ2) is 8.20. The van der Waals surface area contributed by atoms with Gasteiger partial charge in [-0.1, -0.05) is 0 Å². The highest BCUT2D eigenvalue weighted by Crippen LogP contribution is 2.22. The van der Waals surface area contributed by atoms with E-state index < -0.39 is 17.2 Å². The van der Waals surface area contributed by atoms with Crippen LogP contribution < -0.4 is 10.6 Å². The van der Waals surface area contributed by atoms with E-state index in [2.05, 4.69) is 15.0 Å². The highest BCUT2D eigenvalue weighted by molar-refractivity contribution is 5.84. The third-order valence-electron chi connectivity index (χ3n) is 4.42. The third kappa shape index (κ3) is 5.74. The number of nitrogens with zero attached hydrogens (tertiary/aromatic N) is 6. The van der Waals surface area contributed by atoms with Crippen molar-refractivity contribution in [3.8, 4) is 0 Å². The Morgan fingerprint density at radius 2 is 1.61 bits per heavy atom. The second-order valence-corrected chi connectivity index (χ2v) is 9.49. The zero-order chi connectivity index (χ0) is 23.0. The smallest absolute Gasteiger partial charge is 0.410 e. The average molecular weight is 434 g/mol. The molecule has 2 N–H and O–H groups in total. The van der Waals surface area contributed by atoms with E-state index in [1.165, 1.54) is 6.33 Å². The van der Waals surface area contributed by atoms with Crippen molar-refractivity contribution in [1.82, 2.24) is 24.4 Å². The highest BCUT2D eigenvalue weighted by Gasteiger charge is 2.27. The van der Waals surface area contributed by atoms with Crippen molar-refractivity contribution < 1.29 is 19.1 Å². The summed E-state index contributed by atoms with van der Waals surface area (Å²) in [5, 5.41) is 0. The molecular weight excluding hydrogens is 402 g/mol. The molecule has 1 fully saturated rings. The van der Waals surface area contributed by atoms with Gasteiger partial charge >= 0.3 is 12.1 Å². The molecule has 3 rings (SSSR count). The molecule has 1 aliphatic heterocycles. The minimum Gasteiger partial charge on any atom is -0.459 e. The van der Waals surface area contributed by atoms with Gasteiger partial charge in [0.15, 0.2) is 11.5 Å². The van der Waals surface area contributed by atoms with Gasteiger partial charge < -0.3 is 29.6 Å². The Hall–Kier alpha value is -3.11. The fourth-order valence-corrected chi connectivity index (χ4v) is 3.19. The van der Waals surface area contributed by atoms with E-state index in [1.54, 1.807) is 9.47 Å². The number of carbonyl (C=O) groups is 2. The lowest BCUT2D eigenvalue weighted by Gasteiger charge is -2.35. The van der Waals surface area contributed by atoms with Gasteiger partial charge in [0.1, 0.15) is 23.3 Å². The summed E-state index contributed by atoms with van der Waals surface area (Å²) in [6.45, 7) is 13.0. The summed E-state index contributed by atoms with van der Waals surface area (Å²) in [6.07, 6.45) is 1.17. The number of carbonyl (C=O) groups excluding carboxylic acids is 2. The molecule has 170 valence electrons. The second-order valence-electron chi connectivity index (χ2n) is 9.49. The number of nitrogen functional groups attached to an aromatic ring is 1. The number of anilines is 2. The zero-order valence-corrected chi connectivity index (χ0v) is 19.0. The van der Waals surface area contributed by atoms with Crippen LogP contribution in [0.5, 0.6) is 0 Å². The fourth-order valence-electron chi connectivity index (χ4n) is 3.19. The molecule has 1 amide bonds. The van der Waals surface area contributed by atoms with E-state index in [1.807, 2.05) is 46.4 Å². The van der Waals surface area contributed by atoms with Crippen molar-refractivity contribution >= 4 is 35.0 Å². The van der Waals surface area contributed by atoms with Crippen LogP contribution >= 0.6 is 0 Å². The number of rotatable bonds is 3. The minimum absolute atomic E-state index is 0.0325. The number of esters is 1. The Labute approximate surface area is 181 Å². The number of hydrogen-bond acceptors (Lipinski definition) is 9. The summed E-state index contributed by atoms with van der Waals surface area (Å²) < 4.78 is 12.4. The number of aromatic nitrogens is 4. The maximum absolute atomic E-state index is 12.2. The topological polar surface area (TPSA) is 129 Å². The molecule has 2 aromatic heterocycles. The molecule has 11 nitrogen and oxygen atoms in total. The molecule has 1 aliphatic rings. The Bertz CT molecular complexity index is 966. The molecule has 31 heavy (non-hydrogen) atoms. The van der Waals surface area contributed by atoms with E-state index >= 15 is 0 Å². The maximum atomic E-state index is 12.2. The lowest BCUT2D eigenvalue weighted by Crippen LogP contribution is -2.50. The summed E-state index contributed by atoms with van der Waals surface area (Å²) in [7, 11) is 0. The Morgan fingerprint density at radius 3 is 2.19 bits per heavy atom. The van der Waals surface area contributed by atoms with Gasteiger partial charge in [0.2, 0.25) is 5.95 Å². The Kier molecular flexibility index (Phi) is 5.97. The Morgan fingerprint density at radius 1 is 1.00 bits per heavy atom. The van der Waals surface area contributed by atoms with E-state index in [4.69, 9.17) is 15.2 Å². The predicted molar refractivity (Wildman–Crippen MR) is 116 cm³/mol. The molecule has 2 aromatic rings. The summed E-state index contributed by atoms with van der Waals surface area (Å²) in [6, 6.07) is 0.